The number of thioether (sulfide) groups is 1. The van der Waals surface area contributed by atoms with Crippen molar-refractivity contribution in [3.63, 3.8) is 0 Å². The summed E-state index contributed by atoms with van der Waals surface area (Å²) >= 11 is 1.94. The molecule has 1 heterocycles. The molecule has 0 saturated carbocycles. The van der Waals surface area contributed by atoms with Crippen LogP contribution in [-0.4, -0.2) is 74.7 Å². The van der Waals surface area contributed by atoms with Crippen LogP contribution in [0, 0.1) is 5.92 Å². The number of nitrogens with one attached hydrogen (secondary N) is 1. The Morgan fingerprint density at radius 3 is 2.56 bits per heavy atom. The summed E-state index contributed by atoms with van der Waals surface area (Å²) in [5.41, 5.74) is 0. The van der Waals surface area contributed by atoms with Crippen LogP contribution >= 0.6 is 11.8 Å². The largest absolute Gasteiger partial charge is 0.315 e. The molecule has 0 aromatic heterocycles. The van der Waals surface area contributed by atoms with Gasteiger partial charge in [0.15, 0.2) is 0 Å². The standard InChI is InChI=1S/C12H27N3S/c1-12(11-16-3)10-13-4-5-15-8-6-14(2)7-9-15/h12-13H,4-11H2,1-3H3. The zero-order chi connectivity index (χ0) is 11.8. The molecule has 1 aliphatic heterocycles. The summed E-state index contributed by atoms with van der Waals surface area (Å²) in [5, 5.41) is 3.56. The molecule has 96 valence electrons. The van der Waals surface area contributed by atoms with Crippen molar-refractivity contribution < 1.29 is 0 Å². The van der Waals surface area contributed by atoms with Gasteiger partial charge < -0.3 is 10.2 Å². The van der Waals surface area contributed by atoms with Gasteiger partial charge in [0.05, 0.1) is 0 Å². The fourth-order valence-corrected chi connectivity index (χ4v) is 2.69. The number of nitrogens with zero attached hydrogens (tertiary/aromatic N) is 2. The molecule has 4 heteroatoms. The normalized spacial score (nSPS) is 21.2. The molecule has 1 rings (SSSR count). The average molecular weight is 245 g/mol. The second-order valence-electron chi connectivity index (χ2n) is 4.91. The average Bonchev–Trinajstić information content (AvgIpc) is 2.27. The summed E-state index contributed by atoms with van der Waals surface area (Å²) in [6.45, 7) is 10.7. The second-order valence-corrected chi connectivity index (χ2v) is 5.82. The molecule has 1 saturated heterocycles. The van der Waals surface area contributed by atoms with Gasteiger partial charge in [0.1, 0.15) is 0 Å². The van der Waals surface area contributed by atoms with Gasteiger partial charge in [-0.2, -0.15) is 11.8 Å². The molecule has 16 heavy (non-hydrogen) atoms. The van der Waals surface area contributed by atoms with Gasteiger partial charge >= 0.3 is 0 Å². The summed E-state index contributed by atoms with van der Waals surface area (Å²) in [5.74, 6) is 2.06. The highest BCUT2D eigenvalue weighted by atomic mass is 32.2. The zero-order valence-corrected chi connectivity index (χ0v) is 11.9. The van der Waals surface area contributed by atoms with E-state index in [1.807, 2.05) is 11.8 Å². The van der Waals surface area contributed by atoms with Gasteiger partial charge in [-0.1, -0.05) is 6.92 Å². The lowest BCUT2D eigenvalue weighted by Gasteiger charge is -2.32. The summed E-state index contributed by atoms with van der Waals surface area (Å²) in [4.78, 5) is 4.97. The SMILES string of the molecule is CSCC(C)CNCCN1CCN(C)CC1. The summed E-state index contributed by atoms with van der Waals surface area (Å²) in [7, 11) is 2.21. The van der Waals surface area contributed by atoms with Crippen LogP contribution in [0.25, 0.3) is 0 Å². The van der Waals surface area contributed by atoms with Crippen molar-refractivity contribution in [3.8, 4) is 0 Å². The summed E-state index contributed by atoms with van der Waals surface area (Å²) in [6, 6.07) is 0. The molecular formula is C12H27N3S. The number of rotatable bonds is 7. The fraction of sp³-hybridized carbons (Fsp3) is 1.00. The first-order valence-corrected chi connectivity index (χ1v) is 7.72. The molecule has 0 bridgehead atoms. The van der Waals surface area contributed by atoms with Gasteiger partial charge in [-0.15, -0.1) is 0 Å². The molecule has 1 fully saturated rings. The summed E-state index contributed by atoms with van der Waals surface area (Å²) in [6.07, 6.45) is 2.18. The van der Waals surface area contributed by atoms with Crippen molar-refractivity contribution in [2.75, 3.05) is 64.9 Å². The van der Waals surface area contributed by atoms with Crippen molar-refractivity contribution in [1.82, 2.24) is 15.1 Å². The maximum Gasteiger partial charge on any atom is 0.0110 e. The van der Waals surface area contributed by atoms with E-state index in [0.29, 0.717) is 0 Å². The molecule has 1 N–H and O–H groups in total. The van der Waals surface area contributed by atoms with Crippen LogP contribution in [0.15, 0.2) is 0 Å². The first kappa shape index (κ1) is 14.3. The lowest BCUT2D eigenvalue weighted by Crippen LogP contribution is -2.46. The highest BCUT2D eigenvalue weighted by Gasteiger charge is 2.12. The molecule has 1 unspecified atom stereocenters. The summed E-state index contributed by atoms with van der Waals surface area (Å²) < 4.78 is 0. The van der Waals surface area contributed by atoms with E-state index < -0.39 is 0 Å². The molecule has 1 aliphatic rings. The Hall–Kier alpha value is 0.230. The van der Waals surface area contributed by atoms with E-state index in [2.05, 4.69) is 35.3 Å². The lowest BCUT2D eigenvalue weighted by molar-refractivity contribution is 0.154. The lowest BCUT2D eigenvalue weighted by atomic mass is 10.2. The van der Waals surface area contributed by atoms with Gasteiger partial charge in [0, 0.05) is 39.3 Å². The third kappa shape index (κ3) is 6.09. The van der Waals surface area contributed by atoms with E-state index in [-0.39, 0.29) is 0 Å². The van der Waals surface area contributed by atoms with Crippen molar-refractivity contribution in [2.45, 2.75) is 6.92 Å². The smallest absolute Gasteiger partial charge is 0.0110 e. The van der Waals surface area contributed by atoms with E-state index in [0.717, 1.165) is 19.0 Å². The molecule has 0 spiro atoms. The molecule has 0 amide bonds. The molecular weight excluding hydrogens is 218 g/mol. The number of piperazine rings is 1. The van der Waals surface area contributed by atoms with Crippen LogP contribution in [0.3, 0.4) is 0 Å². The third-order valence-electron chi connectivity index (χ3n) is 3.14. The maximum absolute atomic E-state index is 3.56. The van der Waals surface area contributed by atoms with Gasteiger partial charge in [-0.25, -0.2) is 0 Å². The minimum Gasteiger partial charge on any atom is -0.315 e. The maximum atomic E-state index is 3.56. The predicted octanol–water partition coefficient (Wildman–Crippen LogP) is 0.823. The first-order valence-electron chi connectivity index (χ1n) is 6.33. The Morgan fingerprint density at radius 2 is 1.94 bits per heavy atom. The Morgan fingerprint density at radius 1 is 1.25 bits per heavy atom. The predicted molar refractivity (Wildman–Crippen MR) is 74.4 cm³/mol. The molecule has 0 radical (unpaired) electrons. The van der Waals surface area contributed by atoms with E-state index in [4.69, 9.17) is 0 Å². The van der Waals surface area contributed by atoms with Crippen molar-refractivity contribution in [3.05, 3.63) is 0 Å². The Balaban J connectivity index is 1.95. The van der Waals surface area contributed by atoms with E-state index in [9.17, 15) is 0 Å². The zero-order valence-electron chi connectivity index (χ0n) is 11.0. The van der Waals surface area contributed by atoms with Gasteiger partial charge in [0.25, 0.3) is 0 Å². The minimum absolute atomic E-state index is 0.794. The van der Waals surface area contributed by atoms with Gasteiger partial charge in [-0.3, -0.25) is 4.90 Å². The van der Waals surface area contributed by atoms with Crippen molar-refractivity contribution >= 4 is 11.8 Å². The minimum atomic E-state index is 0.794. The Bertz CT molecular complexity index is 170. The highest BCUT2D eigenvalue weighted by Crippen LogP contribution is 2.02. The van der Waals surface area contributed by atoms with Crippen LogP contribution in [0.2, 0.25) is 0 Å². The Labute approximate surface area is 105 Å². The van der Waals surface area contributed by atoms with Crippen LogP contribution in [0.4, 0.5) is 0 Å². The van der Waals surface area contributed by atoms with Gasteiger partial charge in [-0.05, 0) is 31.5 Å². The third-order valence-corrected chi connectivity index (χ3v) is 4.05. The van der Waals surface area contributed by atoms with E-state index in [1.54, 1.807) is 0 Å². The molecule has 0 aromatic rings. The van der Waals surface area contributed by atoms with Crippen LogP contribution < -0.4 is 5.32 Å². The monoisotopic (exact) mass is 245 g/mol. The molecule has 0 aliphatic carbocycles. The van der Waals surface area contributed by atoms with E-state index >= 15 is 0 Å². The quantitative estimate of drug-likeness (QED) is 0.669. The second kappa shape index (κ2) is 8.34. The number of hydrogen-bond acceptors (Lipinski definition) is 4. The van der Waals surface area contributed by atoms with Crippen LogP contribution in [0.1, 0.15) is 6.92 Å². The number of hydrogen-bond donors (Lipinski definition) is 1. The van der Waals surface area contributed by atoms with Crippen molar-refractivity contribution in [2.24, 2.45) is 5.92 Å². The molecule has 0 aromatic carbocycles. The van der Waals surface area contributed by atoms with Gasteiger partial charge in [0.2, 0.25) is 0 Å². The van der Waals surface area contributed by atoms with Crippen LogP contribution in [0.5, 0.6) is 0 Å². The number of likely N-dealkylation sites (N-methyl/N-ethyl adjacent to an activating group) is 1. The fourth-order valence-electron chi connectivity index (χ4n) is 2.00. The van der Waals surface area contributed by atoms with Crippen LogP contribution in [-0.2, 0) is 0 Å². The topological polar surface area (TPSA) is 18.5 Å². The molecule has 3 nitrogen and oxygen atoms in total. The highest BCUT2D eigenvalue weighted by molar-refractivity contribution is 7.98. The first-order chi connectivity index (χ1) is 7.72. The van der Waals surface area contributed by atoms with Crippen molar-refractivity contribution in [1.29, 1.82) is 0 Å². The Kier molecular flexibility index (Phi) is 7.45. The molecule has 1 atom stereocenters. The van der Waals surface area contributed by atoms with E-state index in [1.165, 1.54) is 38.5 Å².